The molecule has 1 aromatic carbocycles. The number of hydrogen-bond acceptors (Lipinski definition) is 3. The molecular weight excluding hydrogens is 342 g/mol. The number of aliphatic hydroxyl groups is 1. The quantitative estimate of drug-likeness (QED) is 0.866. The van der Waals surface area contributed by atoms with Crippen molar-refractivity contribution in [1.29, 1.82) is 0 Å². The summed E-state index contributed by atoms with van der Waals surface area (Å²) < 4.78 is 28.5. The van der Waals surface area contributed by atoms with E-state index in [0.29, 0.717) is 18.8 Å². The predicted molar refractivity (Wildman–Crippen MR) is 81.9 cm³/mol. The molecule has 2 rings (SSSR count). The number of nitrogens with one attached hydrogen (secondary N) is 1. The summed E-state index contributed by atoms with van der Waals surface area (Å²) in [6, 6.07) is 6.51. The minimum Gasteiger partial charge on any atom is -0.394 e. The van der Waals surface area contributed by atoms with Crippen LogP contribution in [-0.4, -0.2) is 25.7 Å². The zero-order valence-electron chi connectivity index (χ0n) is 11.5. The van der Waals surface area contributed by atoms with Crippen LogP contribution in [0.4, 0.5) is 0 Å². The van der Waals surface area contributed by atoms with Gasteiger partial charge in [0.15, 0.2) is 0 Å². The second-order valence-electron chi connectivity index (χ2n) is 5.70. The van der Waals surface area contributed by atoms with Crippen LogP contribution in [0.15, 0.2) is 33.6 Å². The molecule has 0 radical (unpaired) electrons. The van der Waals surface area contributed by atoms with E-state index in [1.165, 1.54) is 0 Å². The standard InChI is InChI=1S/C14H20BrNO3S/c1-11-3-2-8-14(9-11,10-17)16-20(18,19)13-6-4-12(15)5-7-13/h4-7,11,16-17H,2-3,8-10H2,1H3. The fourth-order valence-corrected chi connectivity index (χ4v) is 4.58. The highest BCUT2D eigenvalue weighted by atomic mass is 79.9. The summed E-state index contributed by atoms with van der Waals surface area (Å²) in [4.78, 5) is 0.228. The average Bonchev–Trinajstić information content (AvgIpc) is 2.38. The molecule has 0 aliphatic heterocycles. The zero-order valence-corrected chi connectivity index (χ0v) is 13.9. The monoisotopic (exact) mass is 361 g/mol. The van der Waals surface area contributed by atoms with Crippen LogP contribution in [0, 0.1) is 5.92 Å². The highest BCUT2D eigenvalue weighted by Gasteiger charge is 2.38. The van der Waals surface area contributed by atoms with E-state index in [4.69, 9.17) is 0 Å². The van der Waals surface area contributed by atoms with E-state index in [0.717, 1.165) is 17.3 Å². The van der Waals surface area contributed by atoms with E-state index in [1.54, 1.807) is 24.3 Å². The van der Waals surface area contributed by atoms with Crippen molar-refractivity contribution in [3.8, 4) is 0 Å². The Hall–Kier alpha value is -0.430. The van der Waals surface area contributed by atoms with Crippen molar-refractivity contribution in [1.82, 2.24) is 4.72 Å². The van der Waals surface area contributed by atoms with Crippen LogP contribution in [0.1, 0.15) is 32.6 Å². The minimum atomic E-state index is -3.60. The summed E-state index contributed by atoms with van der Waals surface area (Å²) in [5, 5.41) is 9.68. The topological polar surface area (TPSA) is 66.4 Å². The van der Waals surface area contributed by atoms with Gasteiger partial charge in [-0.2, -0.15) is 0 Å². The normalized spacial score (nSPS) is 27.4. The summed E-state index contributed by atoms with van der Waals surface area (Å²) in [5.74, 6) is 0.420. The molecule has 0 bridgehead atoms. The van der Waals surface area contributed by atoms with Gasteiger partial charge in [-0.25, -0.2) is 13.1 Å². The maximum atomic E-state index is 12.4. The van der Waals surface area contributed by atoms with Gasteiger partial charge in [0.05, 0.1) is 17.0 Å². The molecule has 1 aliphatic rings. The first-order chi connectivity index (χ1) is 9.37. The fourth-order valence-electron chi connectivity index (χ4n) is 2.89. The molecule has 0 saturated heterocycles. The lowest BCUT2D eigenvalue weighted by molar-refractivity contribution is 0.120. The van der Waals surface area contributed by atoms with Gasteiger partial charge in [-0.1, -0.05) is 35.7 Å². The average molecular weight is 362 g/mol. The highest BCUT2D eigenvalue weighted by Crippen LogP contribution is 2.33. The van der Waals surface area contributed by atoms with Crippen LogP contribution in [0.2, 0.25) is 0 Å². The molecule has 2 unspecified atom stereocenters. The maximum absolute atomic E-state index is 12.4. The first kappa shape index (κ1) is 15.9. The van der Waals surface area contributed by atoms with Gasteiger partial charge >= 0.3 is 0 Å². The van der Waals surface area contributed by atoms with Crippen molar-refractivity contribution in [2.45, 2.75) is 43.0 Å². The van der Waals surface area contributed by atoms with E-state index in [9.17, 15) is 13.5 Å². The molecule has 0 amide bonds. The molecule has 2 N–H and O–H groups in total. The summed E-state index contributed by atoms with van der Waals surface area (Å²) in [6.45, 7) is 1.94. The molecule has 20 heavy (non-hydrogen) atoms. The van der Waals surface area contributed by atoms with E-state index in [2.05, 4.69) is 27.6 Å². The Labute approximate surface area is 128 Å². The van der Waals surface area contributed by atoms with Crippen LogP contribution in [-0.2, 0) is 10.0 Å². The molecule has 0 heterocycles. The number of hydrogen-bond donors (Lipinski definition) is 2. The number of rotatable bonds is 4. The first-order valence-corrected chi connectivity index (χ1v) is 9.05. The van der Waals surface area contributed by atoms with Gasteiger partial charge in [-0.3, -0.25) is 0 Å². The summed E-state index contributed by atoms with van der Waals surface area (Å²) in [7, 11) is -3.60. The van der Waals surface area contributed by atoms with Gasteiger partial charge in [0.25, 0.3) is 0 Å². The Bertz CT molecular complexity index is 558. The van der Waals surface area contributed by atoms with Crippen LogP contribution >= 0.6 is 15.9 Å². The third-order valence-corrected chi connectivity index (χ3v) is 5.99. The van der Waals surface area contributed by atoms with Gasteiger partial charge < -0.3 is 5.11 Å². The van der Waals surface area contributed by atoms with Crippen molar-refractivity contribution < 1.29 is 13.5 Å². The Balaban J connectivity index is 2.23. The third kappa shape index (κ3) is 3.61. The minimum absolute atomic E-state index is 0.160. The maximum Gasteiger partial charge on any atom is 0.241 e. The van der Waals surface area contributed by atoms with Crippen LogP contribution < -0.4 is 4.72 Å². The molecule has 1 saturated carbocycles. The molecule has 112 valence electrons. The van der Waals surface area contributed by atoms with Gasteiger partial charge in [0.1, 0.15) is 0 Å². The number of benzene rings is 1. The lowest BCUT2D eigenvalue weighted by atomic mass is 9.78. The Kier molecular flexibility index (Phi) is 4.89. The summed E-state index contributed by atoms with van der Waals surface area (Å²) in [6.07, 6.45) is 3.38. The molecule has 1 fully saturated rings. The lowest BCUT2D eigenvalue weighted by Gasteiger charge is -2.39. The van der Waals surface area contributed by atoms with Gasteiger partial charge in [-0.15, -0.1) is 0 Å². The lowest BCUT2D eigenvalue weighted by Crippen LogP contribution is -2.53. The molecule has 6 heteroatoms. The molecule has 2 atom stereocenters. The number of aliphatic hydroxyl groups excluding tert-OH is 1. The van der Waals surface area contributed by atoms with Gasteiger partial charge in [0.2, 0.25) is 10.0 Å². The molecule has 1 aromatic rings. The molecule has 0 spiro atoms. The Morgan fingerprint density at radius 2 is 2.05 bits per heavy atom. The van der Waals surface area contributed by atoms with E-state index in [-0.39, 0.29) is 11.5 Å². The van der Waals surface area contributed by atoms with Crippen LogP contribution in [0.3, 0.4) is 0 Å². The Morgan fingerprint density at radius 1 is 1.40 bits per heavy atom. The molecule has 0 aromatic heterocycles. The predicted octanol–water partition coefficient (Wildman–Crippen LogP) is 2.67. The Morgan fingerprint density at radius 3 is 2.60 bits per heavy atom. The van der Waals surface area contributed by atoms with Crippen molar-refractivity contribution in [2.75, 3.05) is 6.61 Å². The van der Waals surface area contributed by atoms with Gasteiger partial charge in [0, 0.05) is 4.47 Å². The second kappa shape index (κ2) is 6.13. The van der Waals surface area contributed by atoms with Crippen molar-refractivity contribution in [2.24, 2.45) is 5.92 Å². The third-order valence-electron chi connectivity index (χ3n) is 3.87. The summed E-state index contributed by atoms with van der Waals surface area (Å²) in [5.41, 5.74) is -0.719. The second-order valence-corrected chi connectivity index (χ2v) is 8.30. The molecular formula is C14H20BrNO3S. The highest BCUT2D eigenvalue weighted by molar-refractivity contribution is 9.10. The molecule has 1 aliphatic carbocycles. The SMILES string of the molecule is CC1CCCC(CO)(NS(=O)(=O)c2ccc(Br)cc2)C1. The van der Waals surface area contributed by atoms with E-state index >= 15 is 0 Å². The first-order valence-electron chi connectivity index (χ1n) is 6.77. The summed E-state index contributed by atoms with van der Waals surface area (Å²) >= 11 is 3.29. The van der Waals surface area contributed by atoms with Crippen LogP contribution in [0.5, 0.6) is 0 Å². The zero-order chi connectivity index (χ0) is 14.8. The number of sulfonamides is 1. The van der Waals surface area contributed by atoms with E-state index in [1.807, 2.05) is 0 Å². The largest absolute Gasteiger partial charge is 0.394 e. The van der Waals surface area contributed by atoms with Crippen LogP contribution in [0.25, 0.3) is 0 Å². The fraction of sp³-hybridized carbons (Fsp3) is 0.571. The van der Waals surface area contributed by atoms with Gasteiger partial charge in [-0.05, 0) is 43.0 Å². The molecule has 4 nitrogen and oxygen atoms in total. The smallest absolute Gasteiger partial charge is 0.241 e. The number of halogens is 1. The van der Waals surface area contributed by atoms with Crippen molar-refractivity contribution >= 4 is 26.0 Å². The van der Waals surface area contributed by atoms with Crippen molar-refractivity contribution in [3.63, 3.8) is 0 Å². The van der Waals surface area contributed by atoms with E-state index < -0.39 is 15.6 Å². The van der Waals surface area contributed by atoms with Crippen molar-refractivity contribution in [3.05, 3.63) is 28.7 Å².